The van der Waals surface area contributed by atoms with Gasteiger partial charge in [0.05, 0.1) is 11.7 Å². The third-order valence-corrected chi connectivity index (χ3v) is 3.19. The van der Waals surface area contributed by atoms with Gasteiger partial charge in [0.2, 0.25) is 0 Å². The Kier molecular flexibility index (Phi) is 1.96. The minimum Gasteiger partial charge on any atom is -0.339 e. The fourth-order valence-electron chi connectivity index (χ4n) is 2.50. The minimum atomic E-state index is 0.981. The molecule has 0 saturated heterocycles. The summed E-state index contributed by atoms with van der Waals surface area (Å²) < 4.78 is 2.32. The molecule has 2 nitrogen and oxygen atoms in total. The second-order valence-electron chi connectivity index (χ2n) is 4.11. The normalized spacial score (nSPS) is 11.4. The summed E-state index contributed by atoms with van der Waals surface area (Å²) in [5, 5.41) is 2.67. The zero-order valence-corrected chi connectivity index (χ0v) is 9.57. The van der Waals surface area contributed by atoms with Crippen LogP contribution in [0.2, 0.25) is 0 Å². The average molecular weight is 210 g/mol. The van der Waals surface area contributed by atoms with E-state index in [1.165, 1.54) is 27.4 Å². The minimum absolute atomic E-state index is 0.981. The molecule has 0 aliphatic carbocycles. The summed E-state index contributed by atoms with van der Waals surface area (Å²) in [6.45, 7) is 5.28. The Hall–Kier alpha value is -1.83. The van der Waals surface area contributed by atoms with Gasteiger partial charge in [0.15, 0.2) is 0 Å². The number of pyridine rings is 1. The molecular weight excluding hydrogens is 196 g/mol. The molecule has 0 unspecified atom stereocenters. The molecule has 0 bridgehead atoms. The van der Waals surface area contributed by atoms with Crippen LogP contribution >= 0.6 is 0 Å². The fourth-order valence-corrected chi connectivity index (χ4v) is 2.50. The molecule has 0 radical (unpaired) electrons. The molecule has 0 atom stereocenters. The van der Waals surface area contributed by atoms with Crippen molar-refractivity contribution in [3.8, 4) is 0 Å². The van der Waals surface area contributed by atoms with E-state index in [4.69, 9.17) is 0 Å². The molecule has 2 heteroatoms. The van der Waals surface area contributed by atoms with Gasteiger partial charge in [-0.1, -0.05) is 18.2 Å². The van der Waals surface area contributed by atoms with Gasteiger partial charge in [-0.3, -0.25) is 4.98 Å². The maximum absolute atomic E-state index is 4.30. The van der Waals surface area contributed by atoms with Crippen LogP contribution in [0.3, 0.4) is 0 Å². The summed E-state index contributed by atoms with van der Waals surface area (Å²) in [7, 11) is 0. The van der Waals surface area contributed by atoms with Gasteiger partial charge in [0.25, 0.3) is 0 Å². The smallest absolute Gasteiger partial charge is 0.0680 e. The molecule has 0 saturated carbocycles. The highest BCUT2D eigenvalue weighted by atomic mass is 15.0. The zero-order chi connectivity index (χ0) is 11.1. The van der Waals surface area contributed by atoms with Crippen molar-refractivity contribution in [2.24, 2.45) is 0 Å². The van der Waals surface area contributed by atoms with Crippen LogP contribution in [-0.4, -0.2) is 9.55 Å². The topological polar surface area (TPSA) is 17.8 Å². The maximum Gasteiger partial charge on any atom is 0.0680 e. The van der Waals surface area contributed by atoms with Crippen LogP contribution < -0.4 is 0 Å². The monoisotopic (exact) mass is 210 g/mol. The molecule has 0 N–H and O–H groups in total. The highest BCUT2D eigenvalue weighted by Gasteiger charge is 2.10. The molecule has 0 fully saturated rings. The van der Waals surface area contributed by atoms with E-state index in [2.05, 4.69) is 47.7 Å². The highest BCUT2D eigenvalue weighted by molar-refractivity contribution is 6.09. The van der Waals surface area contributed by atoms with Crippen LogP contribution in [-0.2, 0) is 6.54 Å². The van der Waals surface area contributed by atoms with Crippen molar-refractivity contribution in [3.63, 3.8) is 0 Å². The van der Waals surface area contributed by atoms with Crippen LogP contribution in [0, 0.1) is 6.92 Å². The summed E-state index contributed by atoms with van der Waals surface area (Å²) in [6, 6.07) is 8.56. The quantitative estimate of drug-likeness (QED) is 0.601. The van der Waals surface area contributed by atoms with Gasteiger partial charge in [0, 0.05) is 29.0 Å². The molecule has 80 valence electrons. The first kappa shape index (κ1) is 9.40. The Morgan fingerprint density at radius 1 is 1.12 bits per heavy atom. The molecule has 0 aliphatic rings. The molecule has 2 aromatic heterocycles. The second kappa shape index (κ2) is 3.34. The van der Waals surface area contributed by atoms with Crippen molar-refractivity contribution < 1.29 is 0 Å². The van der Waals surface area contributed by atoms with E-state index in [1.807, 2.05) is 12.4 Å². The highest BCUT2D eigenvalue weighted by Crippen LogP contribution is 2.30. The van der Waals surface area contributed by atoms with Gasteiger partial charge in [-0.15, -0.1) is 0 Å². The van der Waals surface area contributed by atoms with Gasteiger partial charge in [-0.25, -0.2) is 0 Å². The lowest BCUT2D eigenvalue weighted by atomic mass is 10.1. The first-order valence-electron chi connectivity index (χ1n) is 5.64. The number of aromatic nitrogens is 2. The van der Waals surface area contributed by atoms with E-state index >= 15 is 0 Å². The lowest BCUT2D eigenvalue weighted by Gasteiger charge is -2.01. The van der Waals surface area contributed by atoms with E-state index < -0.39 is 0 Å². The van der Waals surface area contributed by atoms with Gasteiger partial charge >= 0.3 is 0 Å². The lowest BCUT2D eigenvalue weighted by molar-refractivity contribution is 0.825. The summed E-state index contributed by atoms with van der Waals surface area (Å²) in [5.74, 6) is 0. The van der Waals surface area contributed by atoms with Crippen molar-refractivity contribution in [1.29, 1.82) is 0 Å². The average Bonchev–Trinajstić information content (AvgIpc) is 2.64. The number of aryl methyl sites for hydroxylation is 2. The van der Waals surface area contributed by atoms with Gasteiger partial charge in [0.1, 0.15) is 0 Å². The molecule has 1 aromatic carbocycles. The van der Waals surface area contributed by atoms with Gasteiger partial charge < -0.3 is 4.57 Å². The number of fused-ring (bicyclic) bond motifs is 3. The summed E-state index contributed by atoms with van der Waals surface area (Å²) in [5.41, 5.74) is 3.79. The molecule has 0 aliphatic heterocycles. The predicted octanol–water partition coefficient (Wildman–Crippen LogP) is 3.52. The van der Waals surface area contributed by atoms with E-state index in [1.54, 1.807) is 0 Å². The van der Waals surface area contributed by atoms with Crippen LogP contribution in [0.15, 0.2) is 36.7 Å². The summed E-state index contributed by atoms with van der Waals surface area (Å²) in [4.78, 5) is 4.30. The first-order chi connectivity index (χ1) is 7.83. The van der Waals surface area contributed by atoms with Crippen molar-refractivity contribution >= 4 is 21.8 Å². The number of nitrogens with zero attached hydrogens (tertiary/aromatic N) is 2. The van der Waals surface area contributed by atoms with E-state index in [0.29, 0.717) is 0 Å². The molecule has 2 heterocycles. The Bertz CT molecular complexity index is 665. The Morgan fingerprint density at radius 2 is 1.94 bits per heavy atom. The number of rotatable bonds is 1. The number of benzene rings is 1. The Morgan fingerprint density at radius 3 is 2.75 bits per heavy atom. The summed E-state index contributed by atoms with van der Waals surface area (Å²) in [6.07, 6.45) is 3.90. The molecule has 0 spiro atoms. The van der Waals surface area contributed by atoms with E-state index in [9.17, 15) is 0 Å². The van der Waals surface area contributed by atoms with Crippen LogP contribution in [0.4, 0.5) is 0 Å². The zero-order valence-electron chi connectivity index (χ0n) is 9.57. The largest absolute Gasteiger partial charge is 0.339 e. The number of hydrogen-bond donors (Lipinski definition) is 0. The van der Waals surface area contributed by atoms with Crippen molar-refractivity contribution in [2.75, 3.05) is 0 Å². The van der Waals surface area contributed by atoms with Crippen LogP contribution in [0.25, 0.3) is 21.8 Å². The molecule has 3 rings (SSSR count). The predicted molar refractivity (Wildman–Crippen MR) is 67.7 cm³/mol. The summed E-state index contributed by atoms with van der Waals surface area (Å²) >= 11 is 0. The van der Waals surface area contributed by atoms with Crippen molar-refractivity contribution in [2.45, 2.75) is 20.4 Å². The van der Waals surface area contributed by atoms with Crippen LogP contribution in [0.1, 0.15) is 12.5 Å². The maximum atomic E-state index is 4.30. The third-order valence-electron chi connectivity index (χ3n) is 3.19. The van der Waals surface area contributed by atoms with E-state index in [0.717, 1.165) is 6.54 Å². The molecule has 16 heavy (non-hydrogen) atoms. The third kappa shape index (κ3) is 1.10. The SMILES string of the molecule is CCn1c2ccccc2c2c(C)cncc21. The van der Waals surface area contributed by atoms with Gasteiger partial charge in [-0.2, -0.15) is 0 Å². The number of hydrogen-bond acceptors (Lipinski definition) is 1. The second-order valence-corrected chi connectivity index (χ2v) is 4.11. The van der Waals surface area contributed by atoms with Gasteiger partial charge in [-0.05, 0) is 25.5 Å². The standard InChI is InChI=1S/C14H14N2/c1-3-16-12-7-5-4-6-11(12)14-10(2)8-15-9-13(14)16/h4-9H,3H2,1-2H3. The van der Waals surface area contributed by atoms with Crippen molar-refractivity contribution in [1.82, 2.24) is 9.55 Å². The first-order valence-corrected chi connectivity index (χ1v) is 5.64. The fraction of sp³-hybridized carbons (Fsp3) is 0.214. The Balaban J connectivity index is 2.64. The van der Waals surface area contributed by atoms with Crippen molar-refractivity contribution in [3.05, 3.63) is 42.2 Å². The van der Waals surface area contributed by atoms with Crippen LogP contribution in [0.5, 0.6) is 0 Å². The molecular formula is C14H14N2. The number of para-hydroxylation sites is 1. The molecule has 3 aromatic rings. The lowest BCUT2D eigenvalue weighted by Crippen LogP contribution is -1.93. The van der Waals surface area contributed by atoms with E-state index in [-0.39, 0.29) is 0 Å². The molecule has 0 amide bonds. The Labute approximate surface area is 94.5 Å².